The highest BCUT2D eigenvalue weighted by atomic mass is 14.3. The molecule has 0 aliphatic heterocycles. The van der Waals surface area contributed by atoms with Gasteiger partial charge in [0.15, 0.2) is 0 Å². The predicted molar refractivity (Wildman–Crippen MR) is 348 cm³/mol. The van der Waals surface area contributed by atoms with Crippen LogP contribution in [0, 0.1) is 81.8 Å². The molecule has 3 atom stereocenters. The second-order valence-electron chi connectivity index (χ2n) is 30.7. The highest BCUT2D eigenvalue weighted by molar-refractivity contribution is 5.26. The predicted octanol–water partition coefficient (Wildman–Crippen LogP) is 26.2. The summed E-state index contributed by atoms with van der Waals surface area (Å²) >= 11 is 0. The fraction of sp³-hybridized carbons (Fsp3) is 0.840. The molecule has 0 N–H and O–H groups in total. The molecule has 6 aliphatic rings. The zero-order valence-electron chi connectivity index (χ0n) is 57.1. The van der Waals surface area contributed by atoms with Crippen molar-refractivity contribution in [1.29, 1.82) is 0 Å². The standard InChI is InChI=1S/C11H22.3C11H20.C11H16.2C8H16.2C2H6/c5*1-9-5-7-10(8-6-9)11(2,3)4;2*1-7-3-5-8(2)6-4-7;2*1-2/h9-10H,5-8H2,1-4H3;3*7,9H,5-6,8H2,1-4H3;5-8H,1-4H3;2*7-8H,3-6H2,1-2H3;2*1-2H3/t;2*9-;;;;;;/m.10....../s1. The maximum atomic E-state index is 2.45. The number of hydrogen-bond donors (Lipinski definition) is 0. The number of benzene rings is 1. The van der Waals surface area contributed by atoms with E-state index in [2.05, 4.69) is 209 Å². The molecule has 0 amide bonds. The van der Waals surface area contributed by atoms with Crippen LogP contribution < -0.4 is 0 Å². The van der Waals surface area contributed by atoms with Crippen molar-refractivity contribution in [2.24, 2.45) is 74.9 Å². The molecular formula is C75H142. The molecule has 0 heterocycles. The lowest BCUT2D eigenvalue weighted by molar-refractivity contribution is 0.155. The molecule has 0 spiro atoms. The molecule has 0 radical (unpaired) electrons. The summed E-state index contributed by atoms with van der Waals surface area (Å²) in [5.41, 5.74) is 9.82. The van der Waals surface area contributed by atoms with Gasteiger partial charge >= 0.3 is 0 Å². The molecule has 1 unspecified atom stereocenters. The summed E-state index contributed by atoms with van der Waals surface area (Å²) in [6.45, 7) is 63.7. The van der Waals surface area contributed by atoms with E-state index < -0.39 is 0 Å². The van der Waals surface area contributed by atoms with E-state index >= 15 is 0 Å². The molecule has 3 fully saturated rings. The van der Waals surface area contributed by atoms with Crippen LogP contribution in [0.2, 0.25) is 0 Å². The summed E-state index contributed by atoms with van der Waals surface area (Å²) in [4.78, 5) is 0. The molecule has 1 aromatic rings. The molecule has 0 nitrogen and oxygen atoms in total. The highest BCUT2D eigenvalue weighted by Gasteiger charge is 2.28. The first-order chi connectivity index (χ1) is 34.6. The van der Waals surface area contributed by atoms with Gasteiger partial charge in [-0.05, 0) is 163 Å². The topological polar surface area (TPSA) is 0 Å². The first kappa shape index (κ1) is 75.5. The maximum Gasteiger partial charge on any atom is -0.0132 e. The van der Waals surface area contributed by atoms with Crippen LogP contribution in [0.25, 0.3) is 0 Å². The van der Waals surface area contributed by atoms with Gasteiger partial charge in [-0.3, -0.25) is 0 Å². The number of rotatable bonds is 0. The van der Waals surface area contributed by atoms with E-state index in [4.69, 9.17) is 0 Å². The minimum Gasteiger partial charge on any atom is -0.0845 e. The van der Waals surface area contributed by atoms with Crippen molar-refractivity contribution in [2.75, 3.05) is 0 Å². The van der Waals surface area contributed by atoms with Crippen LogP contribution >= 0.6 is 0 Å². The molecule has 1 aromatic carbocycles. The summed E-state index contributed by atoms with van der Waals surface area (Å²) in [5, 5.41) is 0. The Morgan fingerprint density at radius 2 is 0.520 bits per heavy atom. The zero-order valence-corrected chi connectivity index (χ0v) is 57.1. The smallest absolute Gasteiger partial charge is 0.0132 e. The van der Waals surface area contributed by atoms with Gasteiger partial charge < -0.3 is 0 Å². The lowest BCUT2D eigenvalue weighted by Crippen LogP contribution is -2.24. The van der Waals surface area contributed by atoms with Crippen LogP contribution in [0.3, 0.4) is 0 Å². The largest absolute Gasteiger partial charge is 0.0845 e. The van der Waals surface area contributed by atoms with Crippen molar-refractivity contribution in [3.05, 3.63) is 70.3 Å². The van der Waals surface area contributed by atoms with Crippen molar-refractivity contribution in [1.82, 2.24) is 0 Å². The van der Waals surface area contributed by atoms with Gasteiger partial charge in [-0.1, -0.05) is 316 Å². The molecule has 75 heavy (non-hydrogen) atoms. The SMILES string of the molecule is CC.CC.CC1CC=C(C(C)(C)C)CC1.CC1CCC(C(C)(C)C)CC1.CC1CCC(C)CC1.CC1CCC(C)CC1.C[C@@H]1CC=C(C(C)(C)C)CC1.C[C@H]1CC=C(C(C)(C)C)CC1.Cc1ccc(C(C)(C)C)cc1. The van der Waals surface area contributed by atoms with Crippen molar-refractivity contribution in [3.8, 4) is 0 Å². The summed E-state index contributed by atoms with van der Waals surface area (Å²) < 4.78 is 0. The third-order valence-electron chi connectivity index (χ3n) is 17.7. The molecule has 0 heteroatoms. The molecule has 442 valence electrons. The van der Waals surface area contributed by atoms with Crippen LogP contribution in [-0.2, 0) is 5.41 Å². The molecule has 3 saturated carbocycles. The van der Waals surface area contributed by atoms with Crippen molar-refractivity contribution in [3.63, 3.8) is 0 Å². The van der Waals surface area contributed by atoms with E-state index in [1.54, 1.807) is 16.7 Å². The van der Waals surface area contributed by atoms with E-state index in [0.29, 0.717) is 21.7 Å². The molecule has 0 bridgehead atoms. The molecule has 0 saturated heterocycles. The molecule has 7 rings (SSSR count). The second kappa shape index (κ2) is 38.2. The maximum absolute atomic E-state index is 2.45. The fourth-order valence-corrected chi connectivity index (χ4v) is 11.0. The first-order valence-electron chi connectivity index (χ1n) is 32.7. The molecule has 0 aromatic heterocycles. The van der Waals surface area contributed by atoms with Crippen LogP contribution in [-0.4, -0.2) is 0 Å². The Morgan fingerprint density at radius 3 is 0.693 bits per heavy atom. The first-order valence-corrected chi connectivity index (χ1v) is 32.7. The fourth-order valence-electron chi connectivity index (χ4n) is 11.0. The number of hydrogen-bond acceptors (Lipinski definition) is 0. The normalized spacial score (nSPS) is 27.0. The summed E-state index contributed by atoms with van der Waals surface area (Å²) in [6, 6.07) is 8.74. The van der Waals surface area contributed by atoms with Gasteiger partial charge in [0.2, 0.25) is 0 Å². The van der Waals surface area contributed by atoms with Gasteiger partial charge in [0.1, 0.15) is 0 Å². The van der Waals surface area contributed by atoms with Crippen molar-refractivity contribution >= 4 is 0 Å². The highest BCUT2D eigenvalue weighted by Crippen LogP contribution is 2.40. The van der Waals surface area contributed by atoms with Gasteiger partial charge in [0.05, 0.1) is 0 Å². The lowest BCUT2D eigenvalue weighted by Gasteiger charge is -2.35. The number of allylic oxidation sites excluding steroid dienone is 6. The average molecular weight is 1040 g/mol. The summed E-state index contributed by atoms with van der Waals surface area (Å²) in [6.07, 6.45) is 37.0. The van der Waals surface area contributed by atoms with Crippen molar-refractivity contribution in [2.45, 2.75) is 334 Å². The van der Waals surface area contributed by atoms with Gasteiger partial charge in [-0.25, -0.2) is 0 Å². The summed E-state index contributed by atoms with van der Waals surface area (Å²) in [7, 11) is 0. The summed E-state index contributed by atoms with van der Waals surface area (Å²) in [5.74, 6) is 8.81. The van der Waals surface area contributed by atoms with Crippen LogP contribution in [0.5, 0.6) is 0 Å². The Labute approximate surface area is 477 Å². The molecular weight excluding hydrogens is 901 g/mol. The van der Waals surface area contributed by atoms with Gasteiger partial charge in [0, 0.05) is 0 Å². The van der Waals surface area contributed by atoms with Crippen LogP contribution in [0.15, 0.2) is 59.2 Å². The van der Waals surface area contributed by atoms with E-state index in [9.17, 15) is 0 Å². The number of aryl methyl sites for hydroxylation is 1. The van der Waals surface area contributed by atoms with E-state index in [1.165, 1.54) is 146 Å². The van der Waals surface area contributed by atoms with Gasteiger partial charge in [-0.15, -0.1) is 0 Å². The quantitative estimate of drug-likeness (QED) is 0.227. The Hall–Kier alpha value is -1.56. The Bertz CT molecular complexity index is 1460. The lowest BCUT2D eigenvalue weighted by atomic mass is 9.70. The zero-order chi connectivity index (χ0) is 58.4. The average Bonchev–Trinajstić information content (AvgIpc) is 3.33. The van der Waals surface area contributed by atoms with Gasteiger partial charge in [-0.2, -0.15) is 0 Å². The van der Waals surface area contributed by atoms with Crippen molar-refractivity contribution < 1.29 is 0 Å². The van der Waals surface area contributed by atoms with E-state index in [1.807, 2.05) is 27.7 Å². The minimum absolute atomic E-state index is 0.285. The van der Waals surface area contributed by atoms with Gasteiger partial charge in [0.25, 0.3) is 0 Å². The molecule has 6 aliphatic carbocycles. The second-order valence-corrected chi connectivity index (χ2v) is 30.7. The Morgan fingerprint density at radius 1 is 0.293 bits per heavy atom. The Kier molecular flexibility index (Phi) is 38.4. The van der Waals surface area contributed by atoms with E-state index in [0.717, 1.165) is 53.3 Å². The van der Waals surface area contributed by atoms with E-state index in [-0.39, 0.29) is 5.41 Å². The third kappa shape index (κ3) is 37.1. The Balaban J connectivity index is 0. The minimum atomic E-state index is 0.285. The van der Waals surface area contributed by atoms with Crippen LogP contribution in [0.1, 0.15) is 333 Å². The third-order valence-corrected chi connectivity index (χ3v) is 17.7. The monoisotopic (exact) mass is 1040 g/mol. The van der Waals surface area contributed by atoms with Crippen LogP contribution in [0.4, 0.5) is 0 Å².